The van der Waals surface area contributed by atoms with E-state index in [0.717, 1.165) is 10.5 Å². The van der Waals surface area contributed by atoms with E-state index in [1.807, 2.05) is 12.1 Å². The van der Waals surface area contributed by atoms with Crippen molar-refractivity contribution in [2.24, 2.45) is 0 Å². The van der Waals surface area contributed by atoms with Crippen LogP contribution in [0.2, 0.25) is 5.02 Å². The van der Waals surface area contributed by atoms with Crippen molar-refractivity contribution in [3.05, 3.63) is 63.5 Å². The van der Waals surface area contributed by atoms with Crippen molar-refractivity contribution in [2.45, 2.75) is 4.90 Å². The Labute approximate surface area is 142 Å². The van der Waals surface area contributed by atoms with Gasteiger partial charge in [0.1, 0.15) is 0 Å². The van der Waals surface area contributed by atoms with Crippen LogP contribution in [0.25, 0.3) is 6.08 Å². The van der Waals surface area contributed by atoms with Crippen LogP contribution in [0.1, 0.15) is 15.9 Å². The average molecular weight is 346 g/mol. The van der Waals surface area contributed by atoms with E-state index in [1.54, 1.807) is 36.4 Å². The number of esters is 1. The molecule has 23 heavy (non-hydrogen) atoms. The number of rotatable bonds is 2. The highest BCUT2D eigenvalue weighted by molar-refractivity contribution is 8.04. The summed E-state index contributed by atoms with van der Waals surface area (Å²) in [6.07, 6.45) is 1.78. The van der Waals surface area contributed by atoms with E-state index >= 15 is 0 Å². The monoisotopic (exact) mass is 345 g/mol. The largest absolute Gasteiger partial charge is 0.465 e. The molecule has 0 bridgehead atoms. The Morgan fingerprint density at radius 3 is 2.83 bits per heavy atom. The summed E-state index contributed by atoms with van der Waals surface area (Å²) >= 11 is 7.31. The number of benzene rings is 2. The lowest BCUT2D eigenvalue weighted by atomic mass is 10.2. The van der Waals surface area contributed by atoms with Crippen LogP contribution in [0.3, 0.4) is 0 Å². The lowest BCUT2D eigenvalue weighted by molar-refractivity contribution is -0.112. The van der Waals surface area contributed by atoms with Gasteiger partial charge < -0.3 is 10.1 Å². The zero-order valence-corrected chi connectivity index (χ0v) is 13.7. The van der Waals surface area contributed by atoms with Gasteiger partial charge in [-0.15, -0.1) is 0 Å². The summed E-state index contributed by atoms with van der Waals surface area (Å²) in [6.45, 7) is 0. The first-order valence-corrected chi connectivity index (χ1v) is 7.95. The second-order valence-corrected chi connectivity index (χ2v) is 6.34. The van der Waals surface area contributed by atoms with Gasteiger partial charge in [0, 0.05) is 9.92 Å². The van der Waals surface area contributed by atoms with Crippen LogP contribution >= 0.6 is 23.4 Å². The maximum atomic E-state index is 12.2. The normalized spacial score (nSPS) is 15.0. The van der Waals surface area contributed by atoms with Crippen LogP contribution < -0.4 is 5.32 Å². The van der Waals surface area contributed by atoms with Crippen molar-refractivity contribution in [3.63, 3.8) is 0 Å². The standard InChI is InChI=1S/C17H12ClNO3S/c1-22-17(21)11-5-6-14-13(9-11)19-16(20)15(23-14)8-10-3-2-4-12(18)7-10/h2-9H,1H3,(H,19,20). The lowest BCUT2D eigenvalue weighted by Crippen LogP contribution is -2.18. The molecule has 0 atom stereocenters. The van der Waals surface area contributed by atoms with Crippen molar-refractivity contribution in [3.8, 4) is 0 Å². The molecule has 0 aliphatic carbocycles. The molecule has 1 aliphatic rings. The lowest BCUT2D eigenvalue weighted by Gasteiger charge is -2.19. The van der Waals surface area contributed by atoms with E-state index in [1.165, 1.54) is 18.9 Å². The van der Waals surface area contributed by atoms with E-state index in [9.17, 15) is 9.59 Å². The molecule has 1 aliphatic heterocycles. The number of carbonyl (C=O) groups is 2. The van der Waals surface area contributed by atoms with E-state index in [4.69, 9.17) is 11.6 Å². The van der Waals surface area contributed by atoms with Crippen LogP contribution in [-0.4, -0.2) is 19.0 Å². The minimum Gasteiger partial charge on any atom is -0.465 e. The predicted octanol–water partition coefficient (Wildman–Crippen LogP) is 4.21. The van der Waals surface area contributed by atoms with E-state index in [0.29, 0.717) is 21.2 Å². The van der Waals surface area contributed by atoms with E-state index in [-0.39, 0.29) is 5.91 Å². The fourth-order valence-corrected chi connectivity index (χ4v) is 3.28. The number of amides is 1. The van der Waals surface area contributed by atoms with Gasteiger partial charge in [-0.25, -0.2) is 4.79 Å². The zero-order valence-electron chi connectivity index (χ0n) is 12.1. The SMILES string of the molecule is COC(=O)c1ccc2c(c1)NC(=O)C(=Cc1cccc(Cl)c1)S2. The molecule has 4 nitrogen and oxygen atoms in total. The maximum absolute atomic E-state index is 12.2. The third kappa shape index (κ3) is 3.41. The van der Waals surface area contributed by atoms with Crippen LogP contribution in [0.15, 0.2) is 52.3 Å². The van der Waals surface area contributed by atoms with Crippen LogP contribution in [-0.2, 0) is 9.53 Å². The third-order valence-electron chi connectivity index (χ3n) is 3.24. The minimum atomic E-state index is -0.438. The summed E-state index contributed by atoms with van der Waals surface area (Å²) in [6, 6.07) is 12.4. The molecule has 0 saturated heterocycles. The zero-order chi connectivity index (χ0) is 16.4. The number of carbonyl (C=O) groups excluding carboxylic acids is 2. The molecule has 0 unspecified atom stereocenters. The van der Waals surface area contributed by atoms with Crippen molar-refractivity contribution < 1.29 is 14.3 Å². The summed E-state index contributed by atoms with van der Waals surface area (Å²) < 4.78 is 4.68. The molecule has 0 fully saturated rings. The average Bonchev–Trinajstić information content (AvgIpc) is 2.54. The Balaban J connectivity index is 1.92. The Bertz CT molecular complexity index is 832. The number of hydrogen-bond acceptors (Lipinski definition) is 4. The number of ether oxygens (including phenoxy) is 1. The quantitative estimate of drug-likeness (QED) is 0.654. The fraction of sp³-hybridized carbons (Fsp3) is 0.0588. The molecule has 1 N–H and O–H groups in total. The molecular weight excluding hydrogens is 334 g/mol. The minimum absolute atomic E-state index is 0.218. The van der Waals surface area contributed by atoms with Gasteiger partial charge in [0.25, 0.3) is 5.91 Å². The molecular formula is C17H12ClNO3S. The van der Waals surface area contributed by atoms with Gasteiger partial charge in [0.2, 0.25) is 0 Å². The fourth-order valence-electron chi connectivity index (χ4n) is 2.15. The van der Waals surface area contributed by atoms with Crippen LogP contribution in [0.4, 0.5) is 5.69 Å². The van der Waals surface area contributed by atoms with Gasteiger partial charge >= 0.3 is 5.97 Å². The van der Waals surface area contributed by atoms with Crippen molar-refractivity contribution >= 4 is 47.0 Å². The van der Waals surface area contributed by atoms with Crippen LogP contribution in [0.5, 0.6) is 0 Å². The number of hydrogen-bond donors (Lipinski definition) is 1. The van der Waals surface area contributed by atoms with Gasteiger partial charge in [0.15, 0.2) is 0 Å². The van der Waals surface area contributed by atoms with Crippen molar-refractivity contribution in [2.75, 3.05) is 12.4 Å². The second-order valence-electron chi connectivity index (χ2n) is 4.82. The Hall–Kier alpha value is -2.24. The highest BCUT2D eigenvalue weighted by atomic mass is 35.5. The Morgan fingerprint density at radius 1 is 1.26 bits per heavy atom. The molecule has 2 aromatic rings. The highest BCUT2D eigenvalue weighted by Crippen LogP contribution is 2.39. The van der Waals surface area contributed by atoms with Crippen LogP contribution in [0, 0.1) is 0 Å². The number of halogens is 1. The first-order chi connectivity index (χ1) is 11.1. The Morgan fingerprint density at radius 2 is 2.09 bits per heavy atom. The molecule has 1 heterocycles. The molecule has 1 amide bonds. The van der Waals surface area contributed by atoms with E-state index in [2.05, 4.69) is 10.1 Å². The number of fused-ring (bicyclic) bond motifs is 1. The van der Waals surface area contributed by atoms with Gasteiger partial charge in [0.05, 0.1) is 23.3 Å². The molecule has 0 aromatic heterocycles. The number of anilines is 1. The summed E-state index contributed by atoms with van der Waals surface area (Å²) in [5.41, 5.74) is 1.85. The highest BCUT2D eigenvalue weighted by Gasteiger charge is 2.22. The number of nitrogens with one attached hydrogen (secondary N) is 1. The summed E-state index contributed by atoms with van der Waals surface area (Å²) in [5, 5.41) is 3.41. The van der Waals surface area contributed by atoms with Gasteiger partial charge in [-0.05, 0) is 42.0 Å². The number of thioether (sulfide) groups is 1. The summed E-state index contributed by atoms with van der Waals surface area (Å²) in [4.78, 5) is 25.2. The topological polar surface area (TPSA) is 55.4 Å². The summed E-state index contributed by atoms with van der Waals surface area (Å²) in [5.74, 6) is -0.656. The Kier molecular flexibility index (Phi) is 4.41. The van der Waals surface area contributed by atoms with E-state index < -0.39 is 5.97 Å². The molecule has 0 spiro atoms. The maximum Gasteiger partial charge on any atom is 0.337 e. The van der Waals surface area contributed by atoms with Gasteiger partial charge in [-0.2, -0.15) is 0 Å². The molecule has 0 saturated carbocycles. The molecule has 0 radical (unpaired) electrons. The molecule has 6 heteroatoms. The van der Waals surface area contributed by atoms with Gasteiger partial charge in [-0.1, -0.05) is 35.5 Å². The smallest absolute Gasteiger partial charge is 0.337 e. The first-order valence-electron chi connectivity index (χ1n) is 6.75. The molecule has 3 rings (SSSR count). The van der Waals surface area contributed by atoms with Crippen molar-refractivity contribution in [1.82, 2.24) is 0 Å². The molecule has 116 valence electrons. The number of methoxy groups -OCH3 is 1. The second kappa shape index (κ2) is 6.48. The summed E-state index contributed by atoms with van der Waals surface area (Å²) in [7, 11) is 1.32. The first kappa shape index (κ1) is 15.6. The predicted molar refractivity (Wildman–Crippen MR) is 91.7 cm³/mol. The molecule has 2 aromatic carbocycles. The third-order valence-corrected chi connectivity index (χ3v) is 4.57. The van der Waals surface area contributed by atoms with Crippen molar-refractivity contribution in [1.29, 1.82) is 0 Å². The van der Waals surface area contributed by atoms with Gasteiger partial charge in [-0.3, -0.25) is 4.79 Å².